The van der Waals surface area contributed by atoms with Gasteiger partial charge in [0.05, 0.1) is 6.04 Å². The molecule has 1 aromatic rings. The molecule has 0 aliphatic heterocycles. The lowest BCUT2D eigenvalue weighted by Crippen LogP contribution is -2.42. The maximum absolute atomic E-state index is 12.0. The quantitative estimate of drug-likeness (QED) is 0.877. The van der Waals surface area contributed by atoms with E-state index in [1.165, 1.54) is 0 Å². The topological polar surface area (TPSA) is 46.3 Å². The summed E-state index contributed by atoms with van der Waals surface area (Å²) in [7, 11) is 0. The van der Waals surface area contributed by atoms with Crippen LogP contribution < -0.4 is 5.73 Å². The molecule has 0 aromatic heterocycles. The first-order valence-corrected chi connectivity index (χ1v) is 6.25. The van der Waals surface area contributed by atoms with Crippen LogP contribution in [0.15, 0.2) is 24.3 Å². The van der Waals surface area contributed by atoms with Crippen LogP contribution in [0.1, 0.15) is 25.8 Å². The highest BCUT2D eigenvalue weighted by Crippen LogP contribution is 2.13. The summed E-state index contributed by atoms with van der Waals surface area (Å²) < 4.78 is 0. The number of hydrogen-bond acceptors (Lipinski definition) is 2. The number of nitrogens with two attached hydrogens (primary N) is 1. The summed E-state index contributed by atoms with van der Waals surface area (Å²) in [6.07, 6.45) is 0.658. The summed E-state index contributed by atoms with van der Waals surface area (Å²) in [6, 6.07) is 7.12. The molecule has 0 saturated heterocycles. The Bertz CT molecular complexity index is 381. The molecule has 0 saturated carbocycles. The predicted octanol–water partition coefficient (Wildman–Crippen LogP) is 2.43. The second kappa shape index (κ2) is 6.62. The zero-order chi connectivity index (χ0) is 12.8. The Labute approximate surface area is 108 Å². The molecule has 17 heavy (non-hydrogen) atoms. The Morgan fingerprint density at radius 3 is 2.71 bits per heavy atom. The minimum atomic E-state index is -0.408. The van der Waals surface area contributed by atoms with E-state index in [-0.39, 0.29) is 5.91 Å². The van der Waals surface area contributed by atoms with Crippen molar-refractivity contribution < 1.29 is 4.79 Å². The number of likely N-dealkylation sites (N-methyl/N-ethyl adjacent to an activating group) is 1. The van der Waals surface area contributed by atoms with Gasteiger partial charge in [-0.2, -0.15) is 0 Å². The van der Waals surface area contributed by atoms with Crippen LogP contribution in [0, 0.1) is 0 Å². The van der Waals surface area contributed by atoms with Gasteiger partial charge in [0.2, 0.25) is 5.91 Å². The first kappa shape index (κ1) is 14.0. The van der Waals surface area contributed by atoms with Gasteiger partial charge < -0.3 is 10.6 Å². The molecule has 0 aliphatic rings. The van der Waals surface area contributed by atoms with Gasteiger partial charge in [0.1, 0.15) is 0 Å². The molecular formula is C13H19ClN2O. The van der Waals surface area contributed by atoms with E-state index >= 15 is 0 Å². The van der Waals surface area contributed by atoms with Crippen LogP contribution in [0.4, 0.5) is 0 Å². The lowest BCUT2D eigenvalue weighted by atomic mass is 10.1. The van der Waals surface area contributed by atoms with Crippen LogP contribution in [-0.4, -0.2) is 23.4 Å². The van der Waals surface area contributed by atoms with Crippen molar-refractivity contribution in [3.63, 3.8) is 0 Å². The summed E-state index contributed by atoms with van der Waals surface area (Å²) in [5.41, 5.74) is 6.78. The van der Waals surface area contributed by atoms with Crippen LogP contribution in [0.2, 0.25) is 5.02 Å². The number of halogens is 1. The van der Waals surface area contributed by atoms with Crippen molar-refractivity contribution in [2.75, 3.05) is 6.54 Å². The fraction of sp³-hybridized carbons (Fsp3) is 0.462. The Balaban J connectivity index is 2.73. The third-order valence-electron chi connectivity index (χ3n) is 2.71. The van der Waals surface area contributed by atoms with Crippen molar-refractivity contribution in [2.45, 2.75) is 32.9 Å². The number of rotatable bonds is 5. The van der Waals surface area contributed by atoms with Crippen LogP contribution in [0.5, 0.6) is 0 Å². The number of amides is 1. The summed E-state index contributed by atoms with van der Waals surface area (Å²) in [6.45, 7) is 5.07. The molecule has 0 radical (unpaired) electrons. The van der Waals surface area contributed by atoms with Gasteiger partial charge in [-0.1, -0.05) is 30.7 Å². The molecule has 0 heterocycles. The first-order valence-electron chi connectivity index (χ1n) is 5.87. The molecule has 94 valence electrons. The minimum Gasteiger partial charge on any atom is -0.337 e. The smallest absolute Gasteiger partial charge is 0.239 e. The summed E-state index contributed by atoms with van der Waals surface area (Å²) >= 11 is 5.91. The minimum absolute atomic E-state index is 0.00465. The number of nitrogens with zero attached hydrogens (tertiary/aromatic N) is 1. The van der Waals surface area contributed by atoms with Crippen molar-refractivity contribution in [1.29, 1.82) is 0 Å². The predicted molar refractivity (Wildman–Crippen MR) is 70.8 cm³/mol. The van der Waals surface area contributed by atoms with Crippen molar-refractivity contribution in [2.24, 2.45) is 5.73 Å². The standard InChI is InChI=1S/C13H19ClN2O/c1-3-12(15)13(17)16(4-2)9-10-6-5-7-11(14)8-10/h5-8,12H,3-4,9,15H2,1-2H3/t12-/m0/s1. The average molecular weight is 255 g/mol. The maximum Gasteiger partial charge on any atom is 0.239 e. The molecule has 4 heteroatoms. The lowest BCUT2D eigenvalue weighted by molar-refractivity contribution is -0.133. The fourth-order valence-corrected chi connectivity index (χ4v) is 1.82. The monoisotopic (exact) mass is 254 g/mol. The van der Waals surface area contributed by atoms with Crippen molar-refractivity contribution in [3.8, 4) is 0 Å². The Morgan fingerprint density at radius 1 is 1.47 bits per heavy atom. The van der Waals surface area contributed by atoms with E-state index in [0.717, 1.165) is 5.56 Å². The molecule has 1 aromatic carbocycles. The van der Waals surface area contributed by atoms with E-state index in [4.69, 9.17) is 17.3 Å². The van der Waals surface area contributed by atoms with E-state index < -0.39 is 6.04 Å². The number of carbonyl (C=O) groups is 1. The van der Waals surface area contributed by atoms with E-state index in [2.05, 4.69) is 0 Å². The molecule has 2 N–H and O–H groups in total. The largest absolute Gasteiger partial charge is 0.337 e. The Kier molecular flexibility index (Phi) is 5.45. The number of hydrogen-bond donors (Lipinski definition) is 1. The van der Waals surface area contributed by atoms with Gasteiger partial charge in [0.25, 0.3) is 0 Å². The highest BCUT2D eigenvalue weighted by molar-refractivity contribution is 6.30. The lowest BCUT2D eigenvalue weighted by Gasteiger charge is -2.24. The van der Waals surface area contributed by atoms with Gasteiger partial charge >= 0.3 is 0 Å². The normalized spacial score (nSPS) is 12.2. The molecule has 0 spiro atoms. The van der Waals surface area contributed by atoms with Gasteiger partial charge in [-0.15, -0.1) is 0 Å². The number of benzene rings is 1. The molecule has 1 atom stereocenters. The van der Waals surface area contributed by atoms with Gasteiger partial charge in [0.15, 0.2) is 0 Å². The van der Waals surface area contributed by atoms with E-state index in [0.29, 0.717) is 24.5 Å². The fourth-order valence-electron chi connectivity index (χ4n) is 1.61. The van der Waals surface area contributed by atoms with Gasteiger partial charge in [0, 0.05) is 18.1 Å². The zero-order valence-corrected chi connectivity index (χ0v) is 11.1. The first-order chi connectivity index (χ1) is 8.08. The summed E-state index contributed by atoms with van der Waals surface area (Å²) in [4.78, 5) is 13.7. The molecule has 0 fully saturated rings. The molecule has 0 bridgehead atoms. The second-order valence-corrected chi connectivity index (χ2v) is 4.43. The second-order valence-electron chi connectivity index (χ2n) is 4.00. The van der Waals surface area contributed by atoms with Gasteiger partial charge in [-0.05, 0) is 31.0 Å². The zero-order valence-electron chi connectivity index (χ0n) is 10.3. The third-order valence-corrected chi connectivity index (χ3v) is 2.95. The van der Waals surface area contributed by atoms with Crippen molar-refractivity contribution in [3.05, 3.63) is 34.9 Å². The van der Waals surface area contributed by atoms with Crippen LogP contribution in [0.3, 0.4) is 0 Å². The molecule has 0 unspecified atom stereocenters. The van der Waals surface area contributed by atoms with Crippen LogP contribution >= 0.6 is 11.6 Å². The SMILES string of the molecule is CC[C@H](N)C(=O)N(CC)Cc1cccc(Cl)c1. The van der Waals surface area contributed by atoms with E-state index in [1.54, 1.807) is 4.90 Å². The highest BCUT2D eigenvalue weighted by atomic mass is 35.5. The van der Waals surface area contributed by atoms with Crippen LogP contribution in [-0.2, 0) is 11.3 Å². The van der Waals surface area contributed by atoms with Crippen LogP contribution in [0.25, 0.3) is 0 Å². The maximum atomic E-state index is 12.0. The molecule has 0 aliphatic carbocycles. The molecular weight excluding hydrogens is 236 g/mol. The van der Waals surface area contributed by atoms with E-state index in [1.807, 2.05) is 38.1 Å². The van der Waals surface area contributed by atoms with Crippen molar-refractivity contribution >= 4 is 17.5 Å². The molecule has 3 nitrogen and oxygen atoms in total. The molecule has 1 rings (SSSR count). The highest BCUT2D eigenvalue weighted by Gasteiger charge is 2.18. The summed E-state index contributed by atoms with van der Waals surface area (Å²) in [5, 5.41) is 0.686. The Hall–Kier alpha value is -1.06. The average Bonchev–Trinajstić information content (AvgIpc) is 2.34. The Morgan fingerprint density at radius 2 is 2.18 bits per heavy atom. The van der Waals surface area contributed by atoms with Gasteiger partial charge in [-0.3, -0.25) is 4.79 Å². The molecule has 1 amide bonds. The number of carbonyl (C=O) groups excluding carboxylic acids is 1. The third kappa shape index (κ3) is 4.02. The summed E-state index contributed by atoms with van der Waals surface area (Å²) in [5.74, 6) is -0.00465. The van der Waals surface area contributed by atoms with Gasteiger partial charge in [-0.25, -0.2) is 0 Å². The van der Waals surface area contributed by atoms with E-state index in [9.17, 15) is 4.79 Å². The van der Waals surface area contributed by atoms with Crippen molar-refractivity contribution in [1.82, 2.24) is 4.90 Å².